The van der Waals surface area contributed by atoms with Gasteiger partial charge >= 0.3 is 6.03 Å². The molecular formula is C11H24Cl2N4O. The molecular weight excluding hydrogens is 275 g/mol. The predicted molar refractivity (Wildman–Crippen MR) is 78.0 cm³/mol. The third-order valence-electron chi connectivity index (χ3n) is 3.52. The number of urea groups is 1. The van der Waals surface area contributed by atoms with Gasteiger partial charge in [-0.25, -0.2) is 4.79 Å². The monoisotopic (exact) mass is 298 g/mol. The van der Waals surface area contributed by atoms with Gasteiger partial charge in [-0.3, -0.25) is 0 Å². The number of hydrogen-bond acceptors (Lipinski definition) is 3. The number of likely N-dealkylation sites (N-methyl/N-ethyl adjacent to an activating group) is 1. The van der Waals surface area contributed by atoms with Crippen LogP contribution < -0.4 is 5.32 Å². The number of nitrogens with one attached hydrogen (secondary N) is 1. The summed E-state index contributed by atoms with van der Waals surface area (Å²) in [5.74, 6) is 0. The first-order chi connectivity index (χ1) is 7.68. The minimum atomic E-state index is 0. The van der Waals surface area contributed by atoms with Gasteiger partial charge in [0.15, 0.2) is 0 Å². The standard InChI is InChI=1S/C11H22N4O.2ClH/c1-10-9-12-3-4-15(10)11(16)14-7-5-13(2)6-8-14;;/h10,12H,3-9H2,1-2H3;2*1H/t10-;;/m0../s1. The van der Waals surface area contributed by atoms with E-state index in [4.69, 9.17) is 0 Å². The predicted octanol–water partition coefficient (Wildman–Crippen LogP) is 0.491. The van der Waals surface area contributed by atoms with Crippen molar-refractivity contribution in [3.05, 3.63) is 0 Å². The highest BCUT2D eigenvalue weighted by Gasteiger charge is 2.28. The first-order valence-electron chi connectivity index (χ1n) is 6.13. The van der Waals surface area contributed by atoms with Gasteiger partial charge in [-0.15, -0.1) is 24.8 Å². The summed E-state index contributed by atoms with van der Waals surface area (Å²) in [5, 5.41) is 3.31. The van der Waals surface area contributed by atoms with Gasteiger partial charge in [-0.2, -0.15) is 0 Å². The van der Waals surface area contributed by atoms with Crippen molar-refractivity contribution in [2.75, 3.05) is 52.9 Å². The molecule has 0 saturated carbocycles. The zero-order valence-corrected chi connectivity index (χ0v) is 12.7. The summed E-state index contributed by atoms with van der Waals surface area (Å²) in [7, 11) is 2.11. The lowest BCUT2D eigenvalue weighted by molar-refractivity contribution is 0.103. The first kappa shape index (κ1) is 17.8. The number of amides is 2. The van der Waals surface area contributed by atoms with Crippen LogP contribution in [0.3, 0.4) is 0 Å². The molecule has 0 aromatic heterocycles. The van der Waals surface area contributed by atoms with Gasteiger partial charge in [0.05, 0.1) is 0 Å². The van der Waals surface area contributed by atoms with Gasteiger partial charge in [-0.05, 0) is 14.0 Å². The Morgan fingerprint density at radius 1 is 1.11 bits per heavy atom. The fourth-order valence-corrected chi connectivity index (χ4v) is 2.30. The Balaban J connectivity index is 0.00000144. The molecule has 0 aromatic carbocycles. The number of piperazine rings is 2. The highest BCUT2D eigenvalue weighted by molar-refractivity contribution is 5.85. The maximum atomic E-state index is 12.3. The largest absolute Gasteiger partial charge is 0.322 e. The molecule has 1 atom stereocenters. The van der Waals surface area contributed by atoms with Crippen LogP contribution in [0.5, 0.6) is 0 Å². The number of halogens is 2. The number of rotatable bonds is 0. The summed E-state index contributed by atoms with van der Waals surface area (Å²) in [6, 6.07) is 0.544. The molecule has 2 heterocycles. The van der Waals surface area contributed by atoms with E-state index >= 15 is 0 Å². The summed E-state index contributed by atoms with van der Waals surface area (Å²) >= 11 is 0. The molecule has 2 rings (SSSR count). The van der Waals surface area contributed by atoms with E-state index in [1.807, 2.05) is 9.80 Å². The quantitative estimate of drug-likeness (QED) is 0.707. The molecule has 2 aliphatic rings. The van der Waals surface area contributed by atoms with E-state index in [0.29, 0.717) is 6.04 Å². The molecule has 0 aliphatic carbocycles. The van der Waals surface area contributed by atoms with E-state index in [9.17, 15) is 4.79 Å². The Morgan fingerprint density at radius 2 is 1.72 bits per heavy atom. The van der Waals surface area contributed by atoms with Crippen molar-refractivity contribution in [1.82, 2.24) is 20.0 Å². The summed E-state index contributed by atoms with van der Waals surface area (Å²) in [5.41, 5.74) is 0. The molecule has 0 unspecified atom stereocenters. The molecule has 2 aliphatic heterocycles. The topological polar surface area (TPSA) is 38.8 Å². The molecule has 2 fully saturated rings. The minimum Gasteiger partial charge on any atom is -0.322 e. The molecule has 0 spiro atoms. The zero-order valence-electron chi connectivity index (χ0n) is 11.1. The van der Waals surface area contributed by atoms with Crippen LogP contribution in [0.1, 0.15) is 6.92 Å². The zero-order chi connectivity index (χ0) is 11.5. The van der Waals surface area contributed by atoms with Crippen LogP contribution in [0.2, 0.25) is 0 Å². The summed E-state index contributed by atoms with van der Waals surface area (Å²) in [4.78, 5) is 18.5. The lowest BCUT2D eigenvalue weighted by Gasteiger charge is -2.40. The smallest absolute Gasteiger partial charge is 0.320 e. The van der Waals surface area contributed by atoms with Crippen LogP contribution in [0, 0.1) is 0 Å². The Hall–Kier alpha value is -0.230. The molecule has 108 valence electrons. The minimum absolute atomic E-state index is 0. The molecule has 1 N–H and O–H groups in total. The highest BCUT2D eigenvalue weighted by Crippen LogP contribution is 2.09. The van der Waals surface area contributed by atoms with Crippen molar-refractivity contribution in [2.45, 2.75) is 13.0 Å². The van der Waals surface area contributed by atoms with E-state index in [0.717, 1.165) is 45.8 Å². The van der Waals surface area contributed by atoms with Crippen molar-refractivity contribution in [3.8, 4) is 0 Å². The van der Waals surface area contributed by atoms with Gasteiger partial charge < -0.3 is 20.0 Å². The summed E-state index contributed by atoms with van der Waals surface area (Å²) in [6.45, 7) is 8.51. The van der Waals surface area contributed by atoms with E-state index in [2.05, 4.69) is 24.2 Å². The maximum absolute atomic E-state index is 12.3. The SMILES string of the molecule is C[C@H]1CNCCN1C(=O)N1CCN(C)CC1.Cl.Cl. The van der Waals surface area contributed by atoms with Crippen molar-refractivity contribution in [1.29, 1.82) is 0 Å². The second-order valence-corrected chi connectivity index (χ2v) is 4.82. The van der Waals surface area contributed by atoms with E-state index in [1.54, 1.807) is 0 Å². The van der Waals surface area contributed by atoms with Gasteiger partial charge in [-0.1, -0.05) is 0 Å². The van der Waals surface area contributed by atoms with Gasteiger partial charge in [0.1, 0.15) is 0 Å². The number of carbonyl (C=O) groups excluding carboxylic acids is 1. The number of nitrogens with zero attached hydrogens (tertiary/aromatic N) is 3. The fraction of sp³-hybridized carbons (Fsp3) is 0.909. The maximum Gasteiger partial charge on any atom is 0.320 e. The normalized spacial score (nSPS) is 25.1. The second kappa shape index (κ2) is 8.04. The average molecular weight is 299 g/mol. The third-order valence-corrected chi connectivity index (χ3v) is 3.52. The van der Waals surface area contributed by atoms with Crippen molar-refractivity contribution >= 4 is 30.8 Å². The van der Waals surface area contributed by atoms with Crippen molar-refractivity contribution < 1.29 is 4.79 Å². The molecule has 7 heteroatoms. The Morgan fingerprint density at radius 3 is 2.28 bits per heavy atom. The van der Waals surface area contributed by atoms with Crippen LogP contribution >= 0.6 is 24.8 Å². The first-order valence-corrected chi connectivity index (χ1v) is 6.13. The lowest BCUT2D eigenvalue weighted by atomic mass is 10.2. The Kier molecular flexibility index (Phi) is 7.94. The fourth-order valence-electron chi connectivity index (χ4n) is 2.30. The average Bonchev–Trinajstić information content (AvgIpc) is 2.30. The third kappa shape index (κ3) is 4.16. The molecule has 0 bridgehead atoms. The molecule has 18 heavy (non-hydrogen) atoms. The highest BCUT2D eigenvalue weighted by atomic mass is 35.5. The molecule has 0 aromatic rings. The van der Waals surface area contributed by atoms with Crippen LogP contribution in [-0.4, -0.2) is 79.6 Å². The molecule has 0 radical (unpaired) electrons. The van der Waals surface area contributed by atoms with E-state index in [1.165, 1.54) is 0 Å². The lowest BCUT2D eigenvalue weighted by Crippen LogP contribution is -2.58. The molecule has 5 nitrogen and oxygen atoms in total. The summed E-state index contributed by atoms with van der Waals surface area (Å²) in [6.07, 6.45) is 0. The second-order valence-electron chi connectivity index (χ2n) is 4.82. The molecule has 2 saturated heterocycles. The van der Waals surface area contributed by atoms with Crippen LogP contribution in [-0.2, 0) is 0 Å². The Bertz CT molecular complexity index is 259. The number of hydrogen-bond donors (Lipinski definition) is 1. The van der Waals surface area contributed by atoms with Crippen molar-refractivity contribution in [3.63, 3.8) is 0 Å². The van der Waals surface area contributed by atoms with Crippen molar-refractivity contribution in [2.24, 2.45) is 0 Å². The van der Waals surface area contributed by atoms with E-state index in [-0.39, 0.29) is 30.8 Å². The van der Waals surface area contributed by atoms with Crippen LogP contribution in [0.15, 0.2) is 0 Å². The van der Waals surface area contributed by atoms with E-state index < -0.39 is 0 Å². The van der Waals surface area contributed by atoms with Crippen LogP contribution in [0.4, 0.5) is 4.79 Å². The van der Waals surface area contributed by atoms with Gasteiger partial charge in [0.25, 0.3) is 0 Å². The van der Waals surface area contributed by atoms with Gasteiger partial charge in [0.2, 0.25) is 0 Å². The summed E-state index contributed by atoms with van der Waals surface area (Å²) < 4.78 is 0. The number of carbonyl (C=O) groups is 1. The Labute approximate surface area is 122 Å². The molecule has 2 amide bonds. The van der Waals surface area contributed by atoms with Crippen LogP contribution in [0.25, 0.3) is 0 Å². The van der Waals surface area contributed by atoms with Gasteiger partial charge in [0, 0.05) is 51.9 Å².